The molecule has 0 unspecified atom stereocenters. The Bertz CT molecular complexity index is 2840. The molecule has 0 atom stereocenters. The Morgan fingerprint density at radius 2 is 1.09 bits per heavy atom. The van der Waals surface area contributed by atoms with E-state index in [-0.39, 0.29) is 107 Å². The Kier molecular flexibility index (Phi) is 20.6. The quantitative estimate of drug-likeness (QED) is 0.0650. The van der Waals surface area contributed by atoms with Crippen LogP contribution in [0.2, 0.25) is 20.4 Å². The number of benzene rings is 4. The van der Waals surface area contributed by atoms with Gasteiger partial charge >= 0.3 is 0 Å². The Morgan fingerprint density at radius 3 is 1.50 bits per heavy atom. The summed E-state index contributed by atoms with van der Waals surface area (Å²) in [5, 5.41) is 16.9. The lowest BCUT2D eigenvalue weighted by Gasteiger charge is -2.27. The largest absolute Gasteiger partial charge is 0.394 e. The first kappa shape index (κ1) is 56.2. The van der Waals surface area contributed by atoms with Gasteiger partial charge in [0, 0.05) is 54.9 Å². The molecular formula is C47H45BrCl4F6N6O6. The Labute approximate surface area is 427 Å². The number of anilines is 2. The average Bonchev–Trinajstić information content (AvgIpc) is 3.83. The fourth-order valence-electron chi connectivity index (χ4n) is 7.22. The number of nitrogens with zero attached hydrogens (tertiary/aromatic N) is 6. The molecule has 8 rings (SSSR count). The number of carbonyl (C=O) groups excluding carboxylic acids is 2. The first-order valence-corrected chi connectivity index (χ1v) is 23.4. The molecule has 2 aliphatic heterocycles. The minimum atomic E-state index is -1.01. The van der Waals surface area contributed by atoms with Gasteiger partial charge in [0.1, 0.15) is 10.3 Å². The van der Waals surface area contributed by atoms with Crippen molar-refractivity contribution in [3.05, 3.63) is 161 Å². The number of ether oxygens (including phenoxy) is 3. The first-order valence-electron chi connectivity index (χ1n) is 20.7. The van der Waals surface area contributed by atoms with E-state index in [1.54, 1.807) is 20.3 Å². The van der Waals surface area contributed by atoms with E-state index in [1.165, 1.54) is 61.6 Å². The van der Waals surface area contributed by atoms with Gasteiger partial charge in [0.2, 0.25) is 0 Å². The molecule has 0 saturated heterocycles. The van der Waals surface area contributed by atoms with E-state index < -0.39 is 46.7 Å². The fourth-order valence-corrected chi connectivity index (χ4v) is 8.58. The van der Waals surface area contributed by atoms with Crippen LogP contribution < -0.4 is 9.80 Å². The molecule has 2 amide bonds. The lowest BCUT2D eigenvalue weighted by molar-refractivity contribution is 0.0616. The van der Waals surface area contributed by atoms with Crippen molar-refractivity contribution in [1.82, 2.24) is 19.6 Å². The van der Waals surface area contributed by atoms with Crippen LogP contribution >= 0.6 is 62.3 Å². The third-order valence-electron chi connectivity index (χ3n) is 10.6. The SMILES string of the molecule is C.COCCO.COCCOCc1cc(Cl)c(F)c(N2CCc3c(nn(Cc4cccc(F)c4F)c3Cl)C2=O)c1.O=C1c2nn(Cc3cccc(F)c3F)c(Cl)c2CCN1c1cc(CBr)cc(Cl)c1F. The van der Waals surface area contributed by atoms with Crippen molar-refractivity contribution in [2.24, 2.45) is 0 Å². The molecule has 6 aromatic rings. The first-order chi connectivity index (χ1) is 33.0. The van der Waals surface area contributed by atoms with E-state index in [4.69, 9.17) is 61.0 Å². The predicted octanol–water partition coefficient (Wildman–Crippen LogP) is 11.0. The minimum Gasteiger partial charge on any atom is -0.394 e. The van der Waals surface area contributed by atoms with Crippen molar-refractivity contribution in [2.45, 2.75) is 45.3 Å². The molecule has 0 aliphatic carbocycles. The van der Waals surface area contributed by atoms with Crippen molar-refractivity contribution in [1.29, 1.82) is 0 Å². The van der Waals surface area contributed by atoms with Crippen molar-refractivity contribution in [3.8, 4) is 0 Å². The summed E-state index contributed by atoms with van der Waals surface area (Å²) in [6.07, 6.45) is 0.609. The van der Waals surface area contributed by atoms with Gasteiger partial charge in [-0.3, -0.25) is 9.59 Å². The average molecular weight is 1130 g/mol. The highest BCUT2D eigenvalue weighted by atomic mass is 79.9. The van der Waals surface area contributed by atoms with Gasteiger partial charge in [-0.05, 0) is 60.4 Å². The number of aliphatic hydroxyl groups is 1. The summed E-state index contributed by atoms with van der Waals surface area (Å²) < 4.78 is 102. The number of hydrogen-bond acceptors (Lipinski definition) is 8. The monoisotopic (exact) mass is 1120 g/mol. The summed E-state index contributed by atoms with van der Waals surface area (Å²) in [5.74, 6) is -6.56. The summed E-state index contributed by atoms with van der Waals surface area (Å²) in [6, 6.07) is 13.5. The Hall–Kier alpha value is -4.70. The second kappa shape index (κ2) is 25.6. The van der Waals surface area contributed by atoms with E-state index in [0.29, 0.717) is 53.8 Å². The minimum absolute atomic E-state index is 0. The standard InChI is InChI=1S/C23H20Cl2F3N3O3.C20H13BrCl2F3N3O.C3H8O2.CH4/c1-33-7-8-34-12-13-9-16(24)20(28)18(10-13)30-6-5-15-21(23(30)32)29-31(22(15)25)11-14-3-2-4-17(26)19(14)27;21-8-10-6-13(22)17(26)15(7-10)28-5-4-12-18(20(28)30)27-29(19(12)23)9-11-2-1-3-14(24)16(11)25;1-5-3-2-4;/h2-4,9-10H,5-8,11-12H2,1H3;1-3,6-7H,4-5,8-9H2;4H,2-3H2,1H3;1H4. The molecule has 0 saturated carbocycles. The number of aromatic nitrogens is 4. The van der Waals surface area contributed by atoms with E-state index in [1.807, 2.05) is 0 Å². The van der Waals surface area contributed by atoms with Crippen LogP contribution in [0, 0.1) is 34.9 Å². The Balaban J connectivity index is 0.000000236. The molecule has 0 bridgehead atoms. The molecule has 2 aromatic heterocycles. The number of fused-ring (bicyclic) bond motifs is 2. The van der Waals surface area contributed by atoms with E-state index in [0.717, 1.165) is 12.1 Å². The van der Waals surface area contributed by atoms with Crippen LogP contribution in [0.3, 0.4) is 0 Å². The van der Waals surface area contributed by atoms with E-state index >= 15 is 0 Å². The molecule has 4 heterocycles. The van der Waals surface area contributed by atoms with Crippen molar-refractivity contribution in [2.75, 3.05) is 63.5 Å². The molecular weight excluding hydrogens is 1080 g/mol. The lowest BCUT2D eigenvalue weighted by Crippen LogP contribution is -2.38. The summed E-state index contributed by atoms with van der Waals surface area (Å²) >= 11 is 28.1. The Morgan fingerprint density at radius 1 is 0.643 bits per heavy atom. The summed E-state index contributed by atoms with van der Waals surface area (Å²) in [7, 11) is 3.10. The molecule has 0 spiro atoms. The normalized spacial score (nSPS) is 13.0. The highest BCUT2D eigenvalue weighted by molar-refractivity contribution is 9.08. The number of hydrogen-bond donors (Lipinski definition) is 1. The van der Waals surface area contributed by atoms with Crippen LogP contribution in [-0.4, -0.2) is 90.2 Å². The maximum absolute atomic E-state index is 14.9. The van der Waals surface area contributed by atoms with Crippen molar-refractivity contribution in [3.63, 3.8) is 0 Å². The zero-order valence-corrected chi connectivity index (χ0v) is 41.2. The van der Waals surface area contributed by atoms with Gasteiger partial charge in [0.05, 0.1) is 67.5 Å². The second-order valence-corrected chi connectivity index (χ2v) is 17.2. The number of halogens is 11. The number of rotatable bonds is 14. The third-order valence-corrected chi connectivity index (χ3v) is 12.6. The molecule has 1 N–H and O–H groups in total. The zero-order chi connectivity index (χ0) is 50.1. The van der Waals surface area contributed by atoms with Gasteiger partial charge in [-0.25, -0.2) is 35.7 Å². The van der Waals surface area contributed by atoms with Gasteiger partial charge in [-0.1, -0.05) is 94.0 Å². The van der Waals surface area contributed by atoms with Gasteiger partial charge in [-0.15, -0.1) is 0 Å². The molecule has 0 fully saturated rings. The highest BCUT2D eigenvalue weighted by Crippen LogP contribution is 2.36. The summed E-state index contributed by atoms with van der Waals surface area (Å²) in [4.78, 5) is 28.8. The molecule has 70 heavy (non-hydrogen) atoms. The van der Waals surface area contributed by atoms with Crippen LogP contribution in [0.5, 0.6) is 0 Å². The number of aliphatic hydroxyl groups excluding tert-OH is 1. The smallest absolute Gasteiger partial charge is 0.279 e. The van der Waals surface area contributed by atoms with Crippen LogP contribution in [0.25, 0.3) is 0 Å². The zero-order valence-electron chi connectivity index (χ0n) is 36.6. The topological polar surface area (TPSA) is 124 Å². The van der Waals surface area contributed by atoms with Crippen LogP contribution in [-0.2, 0) is 52.1 Å². The maximum Gasteiger partial charge on any atom is 0.279 e. The van der Waals surface area contributed by atoms with Crippen LogP contribution in [0.4, 0.5) is 37.7 Å². The second-order valence-electron chi connectivity index (χ2n) is 15.1. The van der Waals surface area contributed by atoms with E-state index in [2.05, 4.69) is 30.9 Å². The molecule has 12 nitrogen and oxygen atoms in total. The van der Waals surface area contributed by atoms with Gasteiger partial charge < -0.3 is 29.1 Å². The number of carbonyl (C=O) groups is 2. The highest BCUT2D eigenvalue weighted by Gasteiger charge is 2.35. The number of amides is 2. The van der Waals surface area contributed by atoms with E-state index in [9.17, 15) is 35.9 Å². The molecule has 376 valence electrons. The maximum atomic E-state index is 14.9. The molecule has 4 aromatic carbocycles. The van der Waals surface area contributed by atoms with Gasteiger partial charge in [-0.2, -0.15) is 10.2 Å². The predicted molar refractivity (Wildman–Crippen MR) is 259 cm³/mol. The number of methoxy groups -OCH3 is 2. The van der Waals surface area contributed by atoms with Crippen LogP contribution in [0.1, 0.15) is 61.8 Å². The van der Waals surface area contributed by atoms with Crippen molar-refractivity contribution >= 4 is 85.5 Å². The molecule has 0 radical (unpaired) electrons. The molecule has 2 aliphatic rings. The van der Waals surface area contributed by atoms with Crippen molar-refractivity contribution < 1.29 is 55.2 Å². The number of alkyl halides is 1. The third kappa shape index (κ3) is 12.7. The lowest BCUT2D eigenvalue weighted by atomic mass is 10.1. The van der Waals surface area contributed by atoms with Gasteiger partial charge in [0.15, 0.2) is 46.3 Å². The van der Waals surface area contributed by atoms with Gasteiger partial charge in [0.25, 0.3) is 11.8 Å². The fraction of sp³-hybridized carbons (Fsp3) is 0.319. The summed E-state index contributed by atoms with van der Waals surface area (Å²) in [5.41, 5.74) is 2.43. The molecule has 23 heteroatoms. The summed E-state index contributed by atoms with van der Waals surface area (Å²) in [6.45, 7) is 1.45. The van der Waals surface area contributed by atoms with Crippen LogP contribution in [0.15, 0.2) is 60.7 Å².